The lowest BCUT2D eigenvalue weighted by atomic mass is 9.69. The Hall–Kier alpha value is -3.51. The zero-order chi connectivity index (χ0) is 33.3. The van der Waals surface area contributed by atoms with Crippen LogP contribution in [0.5, 0.6) is 0 Å². The molecule has 1 spiro atoms. The molecule has 2 fully saturated rings. The number of nitrogens with zero attached hydrogens (tertiary/aromatic N) is 6. The Morgan fingerprint density at radius 1 is 1.07 bits per heavy atom. The maximum atomic E-state index is 14.5. The number of hydrogen-bond donors (Lipinski definition) is 2. The fraction of sp³-hybridized carbons (Fsp3) is 0.697. The van der Waals surface area contributed by atoms with Crippen LogP contribution in [0, 0.1) is 23.2 Å². The minimum atomic E-state index is -4.32. The van der Waals surface area contributed by atoms with E-state index in [9.17, 15) is 22.8 Å². The second-order valence-electron chi connectivity index (χ2n) is 14.7. The highest BCUT2D eigenvalue weighted by Gasteiger charge is 2.54. The third-order valence-corrected chi connectivity index (χ3v) is 10.1. The van der Waals surface area contributed by atoms with Crippen LogP contribution in [0.25, 0.3) is 0 Å². The van der Waals surface area contributed by atoms with Crippen molar-refractivity contribution in [3.8, 4) is 0 Å². The van der Waals surface area contributed by atoms with Crippen molar-refractivity contribution >= 4 is 17.6 Å². The molecule has 13 heteroatoms. The predicted octanol–water partition coefficient (Wildman–Crippen LogP) is 6.05. The molecule has 2 aromatic rings. The molecule has 2 amide bonds. The molecule has 1 aromatic heterocycles. The average Bonchev–Trinajstić information content (AvgIpc) is 3.62. The van der Waals surface area contributed by atoms with Gasteiger partial charge in [-0.1, -0.05) is 52.0 Å². The first-order chi connectivity index (χ1) is 21.7. The minimum Gasteiger partial charge on any atom is -0.352 e. The Kier molecular flexibility index (Phi) is 9.79. The number of nitrogens with one attached hydrogen (secondary N) is 2. The van der Waals surface area contributed by atoms with Crippen molar-refractivity contribution in [3.05, 3.63) is 41.2 Å². The molecule has 3 aliphatic rings. The highest BCUT2D eigenvalue weighted by Crippen LogP contribution is 2.50. The third kappa shape index (κ3) is 7.38. The highest BCUT2D eigenvalue weighted by molar-refractivity contribution is 6.39. The van der Waals surface area contributed by atoms with Crippen molar-refractivity contribution in [3.63, 3.8) is 0 Å². The van der Waals surface area contributed by atoms with E-state index >= 15 is 0 Å². The number of carbonyl (C=O) groups excluding carboxylic acids is 2. The van der Waals surface area contributed by atoms with Gasteiger partial charge in [0.15, 0.2) is 11.7 Å². The quantitative estimate of drug-likeness (QED) is 0.361. The first-order valence-corrected chi connectivity index (χ1v) is 16.5. The van der Waals surface area contributed by atoms with Crippen molar-refractivity contribution in [2.45, 2.75) is 110 Å². The van der Waals surface area contributed by atoms with Gasteiger partial charge in [0, 0.05) is 18.7 Å². The van der Waals surface area contributed by atoms with Crippen LogP contribution in [0.15, 0.2) is 29.3 Å². The number of carbonyl (C=O) groups is 2. The van der Waals surface area contributed by atoms with Crippen LogP contribution in [0.4, 0.5) is 13.2 Å². The number of H-pyrrole nitrogens is 1. The van der Waals surface area contributed by atoms with E-state index in [0.717, 1.165) is 24.8 Å². The lowest BCUT2D eigenvalue weighted by Gasteiger charge is -2.47. The largest absolute Gasteiger partial charge is 0.393 e. The molecule has 3 heterocycles. The first-order valence-electron chi connectivity index (χ1n) is 16.5. The van der Waals surface area contributed by atoms with E-state index in [1.165, 1.54) is 0 Å². The summed E-state index contributed by atoms with van der Waals surface area (Å²) in [4.78, 5) is 36.0. The van der Waals surface area contributed by atoms with E-state index in [4.69, 9.17) is 4.99 Å². The number of tetrazole rings is 1. The van der Waals surface area contributed by atoms with Gasteiger partial charge in [-0.25, -0.2) is 4.99 Å². The van der Waals surface area contributed by atoms with Gasteiger partial charge in [-0.2, -0.15) is 18.4 Å². The van der Waals surface area contributed by atoms with Crippen molar-refractivity contribution in [1.82, 2.24) is 35.7 Å². The molecule has 5 rings (SSSR count). The van der Waals surface area contributed by atoms with Gasteiger partial charge < -0.3 is 15.1 Å². The van der Waals surface area contributed by atoms with Gasteiger partial charge in [0.05, 0.1) is 18.5 Å². The summed E-state index contributed by atoms with van der Waals surface area (Å²) in [6, 6.07) is 6.91. The Bertz CT molecular complexity index is 1380. The van der Waals surface area contributed by atoms with Gasteiger partial charge in [0.2, 0.25) is 0 Å². The van der Waals surface area contributed by atoms with Crippen LogP contribution >= 0.6 is 0 Å². The summed E-state index contributed by atoms with van der Waals surface area (Å²) in [5.74, 6) is -0.684. The second-order valence-corrected chi connectivity index (χ2v) is 14.7. The highest BCUT2D eigenvalue weighted by atomic mass is 19.4. The lowest BCUT2D eigenvalue weighted by Crippen LogP contribution is -2.53. The van der Waals surface area contributed by atoms with Crippen molar-refractivity contribution in [2.24, 2.45) is 28.2 Å². The van der Waals surface area contributed by atoms with Crippen LogP contribution in [-0.2, 0) is 11.3 Å². The van der Waals surface area contributed by atoms with Crippen molar-refractivity contribution in [2.75, 3.05) is 13.1 Å². The van der Waals surface area contributed by atoms with Gasteiger partial charge in [-0.05, 0) is 86.3 Å². The first kappa shape index (κ1) is 33.8. The van der Waals surface area contributed by atoms with E-state index in [1.807, 2.05) is 17.0 Å². The molecule has 2 atom stereocenters. The zero-order valence-electron chi connectivity index (χ0n) is 27.5. The van der Waals surface area contributed by atoms with Crippen molar-refractivity contribution < 1.29 is 22.8 Å². The standard InChI is InChI=1S/C33H47F3N8O2/c1-21(2)8-13-26(22-9-11-23(12-10-22)29(45)37-19-27-39-41-42-40-27)44-30(46)28(43-18-6-7-25(20-43)33(34,35)36)38-32(44)16-14-24(15-17-32)31(3,4)5/h9-12,21,24-26H,6-8,13-20H2,1-5H3,(H,37,45)(H,39,40,41,42)/t24?,25?,26-,32?/m1/s1. The molecule has 10 nitrogen and oxygen atoms in total. The summed E-state index contributed by atoms with van der Waals surface area (Å²) >= 11 is 0. The maximum Gasteiger partial charge on any atom is 0.393 e. The van der Waals surface area contributed by atoms with Gasteiger partial charge in [0.1, 0.15) is 5.66 Å². The molecule has 0 bridgehead atoms. The van der Waals surface area contributed by atoms with Crippen LogP contribution in [0.1, 0.15) is 114 Å². The summed E-state index contributed by atoms with van der Waals surface area (Å²) in [7, 11) is 0. The minimum absolute atomic E-state index is 0.0651. The molecule has 2 N–H and O–H groups in total. The smallest absolute Gasteiger partial charge is 0.352 e. The number of rotatable bonds is 8. The summed E-state index contributed by atoms with van der Waals surface area (Å²) in [5.41, 5.74) is 0.614. The van der Waals surface area contributed by atoms with Gasteiger partial charge in [-0.3, -0.25) is 9.59 Å². The molecular weight excluding hydrogens is 597 g/mol. The number of aliphatic imine (C=N–C) groups is 1. The summed E-state index contributed by atoms with van der Waals surface area (Å²) in [6.45, 7) is 11.2. The van der Waals surface area contributed by atoms with E-state index in [-0.39, 0.29) is 48.6 Å². The number of alkyl halides is 3. The Balaban J connectivity index is 1.46. The Morgan fingerprint density at radius 2 is 1.76 bits per heavy atom. The number of amides is 2. The van der Waals surface area contributed by atoms with Gasteiger partial charge in [0.25, 0.3) is 11.8 Å². The monoisotopic (exact) mass is 644 g/mol. The zero-order valence-corrected chi connectivity index (χ0v) is 27.5. The maximum absolute atomic E-state index is 14.5. The SMILES string of the molecule is CC(C)CC[C@H](c1ccc(C(=O)NCc2nn[nH]n2)cc1)N1C(=O)C(N2CCCC(C(F)(F)F)C2)=NC12CCC(C(C)(C)C)CC2. The summed E-state index contributed by atoms with van der Waals surface area (Å²) in [5, 5.41) is 16.3. The molecule has 1 unspecified atom stereocenters. The molecule has 2 aliphatic heterocycles. The number of piperidine rings is 1. The van der Waals surface area contributed by atoms with Gasteiger partial charge >= 0.3 is 6.18 Å². The van der Waals surface area contributed by atoms with Crippen LogP contribution in [0.3, 0.4) is 0 Å². The fourth-order valence-corrected chi connectivity index (χ4v) is 7.28. The molecule has 252 valence electrons. The third-order valence-electron chi connectivity index (χ3n) is 10.1. The lowest BCUT2D eigenvalue weighted by molar-refractivity contribution is -0.183. The average molecular weight is 645 g/mol. The molecule has 46 heavy (non-hydrogen) atoms. The van der Waals surface area contributed by atoms with E-state index in [1.54, 1.807) is 17.0 Å². The molecule has 1 saturated carbocycles. The van der Waals surface area contributed by atoms with E-state index in [0.29, 0.717) is 55.5 Å². The second kappa shape index (κ2) is 13.3. The Morgan fingerprint density at radius 3 is 2.35 bits per heavy atom. The topological polar surface area (TPSA) is 119 Å². The molecule has 0 radical (unpaired) electrons. The van der Waals surface area contributed by atoms with Crippen LogP contribution in [-0.4, -0.2) is 73.0 Å². The number of aromatic nitrogens is 4. The number of aromatic amines is 1. The van der Waals surface area contributed by atoms with Crippen molar-refractivity contribution in [1.29, 1.82) is 0 Å². The number of amidine groups is 1. The molecular formula is C33H47F3N8O2. The van der Waals surface area contributed by atoms with E-state index in [2.05, 4.69) is 60.6 Å². The molecule has 1 aromatic carbocycles. The number of likely N-dealkylation sites (tertiary alicyclic amines) is 1. The fourth-order valence-electron chi connectivity index (χ4n) is 7.28. The van der Waals surface area contributed by atoms with Crippen LogP contribution < -0.4 is 5.32 Å². The van der Waals surface area contributed by atoms with E-state index < -0.39 is 17.8 Å². The number of benzene rings is 1. The predicted molar refractivity (Wildman–Crippen MR) is 167 cm³/mol. The Labute approximate surface area is 269 Å². The van der Waals surface area contributed by atoms with Gasteiger partial charge in [-0.15, -0.1) is 10.2 Å². The normalized spacial score (nSPS) is 24.9. The summed E-state index contributed by atoms with van der Waals surface area (Å²) < 4.78 is 41.4. The summed E-state index contributed by atoms with van der Waals surface area (Å²) in [6.07, 6.45) is 0.714. The number of hydrogen-bond acceptors (Lipinski definition) is 7. The number of halogens is 3. The molecule has 1 saturated heterocycles. The molecule has 1 aliphatic carbocycles. The van der Waals surface area contributed by atoms with Crippen LogP contribution in [0.2, 0.25) is 0 Å².